The van der Waals surface area contributed by atoms with Gasteiger partial charge in [-0.05, 0) is 92.0 Å². The first kappa shape index (κ1) is 31.7. The molecule has 2 fully saturated rings. The second kappa shape index (κ2) is 13.1. The van der Waals surface area contributed by atoms with Crippen LogP contribution in [-0.4, -0.2) is 47.2 Å². The van der Waals surface area contributed by atoms with E-state index in [1.807, 2.05) is 13.0 Å². The lowest BCUT2D eigenvalue weighted by Crippen LogP contribution is -2.33. The molecule has 3 N–H and O–H groups in total. The number of alkyl halides is 3. The van der Waals surface area contributed by atoms with Crippen molar-refractivity contribution in [3.8, 4) is 5.75 Å². The standard InChI is InChI=1S/C32H38F3N3O6/c1-3-21-5-4-6-28(39)17(2)30(41)27-15-25-23(26(27)16-29(40)43-21)12-7-18-13-20(14-24(18)25)37-38-31(42)36-19-8-10-22(11-9-19)44-32(33,34)35/h7-12,15,17-18,21,23-26,28,39H,3-6,13-14,16H2,1-2H3,(H2,36,38,42)/b37-20-/t17-,18-,21+,23-,24-,25-,26+,28+/m1/s1. The number of amides is 2. The van der Waals surface area contributed by atoms with Gasteiger partial charge in [-0.2, -0.15) is 5.10 Å². The summed E-state index contributed by atoms with van der Waals surface area (Å²) in [6.45, 7) is 3.73. The second-order valence-corrected chi connectivity index (χ2v) is 12.2. The number of cyclic esters (lactones) is 1. The number of urea groups is 1. The lowest BCUT2D eigenvalue weighted by atomic mass is 9.70. The number of nitrogens with zero attached hydrogens (tertiary/aromatic N) is 1. The fourth-order valence-corrected chi connectivity index (χ4v) is 7.06. The Morgan fingerprint density at radius 2 is 1.84 bits per heavy atom. The number of halogens is 3. The van der Waals surface area contributed by atoms with E-state index in [2.05, 4.69) is 32.7 Å². The van der Waals surface area contributed by atoms with Gasteiger partial charge in [-0.3, -0.25) is 9.59 Å². The molecule has 9 nitrogen and oxygen atoms in total. The summed E-state index contributed by atoms with van der Waals surface area (Å²) in [6, 6.07) is 4.11. The Bertz CT molecular complexity index is 1340. The first-order valence-corrected chi connectivity index (χ1v) is 15.2. The van der Waals surface area contributed by atoms with Crippen LogP contribution in [0.25, 0.3) is 0 Å². The van der Waals surface area contributed by atoms with E-state index in [1.165, 1.54) is 12.1 Å². The van der Waals surface area contributed by atoms with Gasteiger partial charge >= 0.3 is 18.4 Å². The minimum Gasteiger partial charge on any atom is -0.462 e. The first-order valence-electron chi connectivity index (χ1n) is 15.2. The molecule has 44 heavy (non-hydrogen) atoms. The van der Waals surface area contributed by atoms with Crippen LogP contribution < -0.4 is 15.5 Å². The van der Waals surface area contributed by atoms with Gasteiger partial charge in [0.2, 0.25) is 0 Å². The summed E-state index contributed by atoms with van der Waals surface area (Å²) in [5, 5.41) is 17.6. The third kappa shape index (κ3) is 7.34. The molecule has 2 amide bonds. The predicted molar refractivity (Wildman–Crippen MR) is 155 cm³/mol. The highest BCUT2D eigenvalue weighted by Gasteiger charge is 2.49. The summed E-state index contributed by atoms with van der Waals surface area (Å²) in [5.74, 6) is -1.53. The molecule has 3 aliphatic carbocycles. The number of allylic oxidation sites excluding steroid dienone is 4. The van der Waals surface area contributed by atoms with Crippen molar-refractivity contribution >= 4 is 29.2 Å². The number of Topliss-reactive ketones (excluding diaryl/α,β-unsaturated/α-hetero) is 1. The van der Waals surface area contributed by atoms with E-state index in [4.69, 9.17) is 4.74 Å². The van der Waals surface area contributed by atoms with E-state index >= 15 is 0 Å². The van der Waals surface area contributed by atoms with Crippen molar-refractivity contribution in [2.75, 3.05) is 5.32 Å². The number of hydrogen-bond donors (Lipinski definition) is 3. The molecule has 1 aromatic rings. The number of hydrogen-bond acceptors (Lipinski definition) is 7. The van der Waals surface area contributed by atoms with Crippen molar-refractivity contribution in [1.29, 1.82) is 0 Å². The first-order chi connectivity index (χ1) is 20.9. The van der Waals surface area contributed by atoms with Crippen LogP contribution in [0.3, 0.4) is 0 Å². The number of aliphatic hydroxyl groups is 1. The SMILES string of the molecule is CC[C@H]1CCC[C@H](O)[C@@H](C)C(=O)C2=C[C@@H]3[C@@H](C=C[C@@H]4C/C(=N/NC(=O)Nc5ccc(OC(F)(F)F)cc5)C[C@@H]34)[C@@H]2CC(=O)O1. The molecule has 12 heteroatoms. The average Bonchev–Trinajstić information content (AvgIpc) is 3.55. The van der Waals surface area contributed by atoms with Crippen molar-refractivity contribution in [3.05, 3.63) is 48.1 Å². The van der Waals surface area contributed by atoms with Crippen LogP contribution in [0.2, 0.25) is 0 Å². The molecule has 0 aromatic heterocycles. The van der Waals surface area contributed by atoms with Crippen LogP contribution >= 0.6 is 0 Å². The third-order valence-corrected chi connectivity index (χ3v) is 9.35. The maximum Gasteiger partial charge on any atom is 0.573 e. The Kier molecular flexibility index (Phi) is 9.48. The number of fused-ring (bicyclic) bond motifs is 5. The van der Waals surface area contributed by atoms with Crippen molar-refractivity contribution in [2.45, 2.75) is 77.4 Å². The minimum atomic E-state index is -4.81. The number of carbonyl (C=O) groups excluding carboxylic acids is 3. The number of carbonyl (C=O) groups is 3. The summed E-state index contributed by atoms with van der Waals surface area (Å²) in [4.78, 5) is 39.1. The Morgan fingerprint density at radius 3 is 2.55 bits per heavy atom. The summed E-state index contributed by atoms with van der Waals surface area (Å²) in [7, 11) is 0. The molecule has 1 heterocycles. The van der Waals surface area contributed by atoms with Crippen molar-refractivity contribution in [3.63, 3.8) is 0 Å². The summed E-state index contributed by atoms with van der Waals surface area (Å²) < 4.78 is 46.7. The maximum absolute atomic E-state index is 13.6. The molecule has 0 bridgehead atoms. The molecule has 0 unspecified atom stereocenters. The highest BCUT2D eigenvalue weighted by molar-refractivity contribution is 5.99. The molecule has 238 valence electrons. The van der Waals surface area contributed by atoms with E-state index in [9.17, 15) is 32.7 Å². The number of aliphatic hydroxyl groups excluding tert-OH is 1. The fraction of sp³-hybridized carbons (Fsp3) is 0.562. The molecule has 5 rings (SSSR count). The molecule has 1 aliphatic heterocycles. The highest BCUT2D eigenvalue weighted by Crippen LogP contribution is 2.53. The smallest absolute Gasteiger partial charge is 0.462 e. The van der Waals surface area contributed by atoms with E-state index in [0.29, 0.717) is 44.1 Å². The molecule has 0 radical (unpaired) electrons. The van der Waals surface area contributed by atoms with Gasteiger partial charge < -0.3 is 19.9 Å². The highest BCUT2D eigenvalue weighted by atomic mass is 19.4. The van der Waals surface area contributed by atoms with Crippen LogP contribution in [0, 0.1) is 35.5 Å². The molecule has 4 aliphatic rings. The van der Waals surface area contributed by atoms with Gasteiger partial charge in [0.25, 0.3) is 0 Å². The summed E-state index contributed by atoms with van der Waals surface area (Å²) in [6.07, 6.45) is 4.23. The zero-order valence-electron chi connectivity index (χ0n) is 24.7. The number of nitrogens with one attached hydrogen (secondary N) is 2. The number of rotatable bonds is 4. The van der Waals surface area contributed by atoms with Crippen LogP contribution in [0.5, 0.6) is 5.75 Å². The second-order valence-electron chi connectivity index (χ2n) is 12.2. The van der Waals surface area contributed by atoms with Gasteiger partial charge in [-0.15, -0.1) is 13.2 Å². The number of esters is 1. The molecule has 0 spiro atoms. The predicted octanol–water partition coefficient (Wildman–Crippen LogP) is 5.91. The number of hydrazone groups is 1. The molecule has 1 saturated carbocycles. The lowest BCUT2D eigenvalue weighted by Gasteiger charge is -2.34. The number of anilines is 1. The third-order valence-electron chi connectivity index (χ3n) is 9.35. The van der Waals surface area contributed by atoms with Crippen molar-refractivity contribution in [1.82, 2.24) is 5.43 Å². The zero-order chi connectivity index (χ0) is 31.6. The molecule has 1 aromatic carbocycles. The van der Waals surface area contributed by atoms with Crippen LogP contribution in [-0.2, 0) is 14.3 Å². The van der Waals surface area contributed by atoms with Crippen molar-refractivity contribution in [2.24, 2.45) is 40.6 Å². The molecular formula is C32H38F3N3O6. The molecule has 1 saturated heterocycles. The van der Waals surface area contributed by atoms with Gasteiger partial charge in [-0.1, -0.05) is 32.1 Å². The summed E-state index contributed by atoms with van der Waals surface area (Å²) >= 11 is 0. The monoisotopic (exact) mass is 617 g/mol. The molecule has 8 atom stereocenters. The van der Waals surface area contributed by atoms with Gasteiger partial charge in [0.15, 0.2) is 5.78 Å². The Balaban J connectivity index is 1.26. The van der Waals surface area contributed by atoms with Gasteiger partial charge in [0.05, 0.1) is 12.5 Å². The van der Waals surface area contributed by atoms with Gasteiger partial charge in [0.1, 0.15) is 11.9 Å². The number of ketones is 1. The van der Waals surface area contributed by atoms with E-state index in [1.54, 1.807) is 6.92 Å². The molecular weight excluding hydrogens is 579 g/mol. The van der Waals surface area contributed by atoms with Crippen LogP contribution in [0.1, 0.15) is 58.8 Å². The van der Waals surface area contributed by atoms with Gasteiger partial charge in [-0.25, -0.2) is 10.2 Å². The number of ether oxygens (including phenoxy) is 2. The Morgan fingerprint density at radius 1 is 1.09 bits per heavy atom. The Labute approximate surface area is 253 Å². The van der Waals surface area contributed by atoms with Crippen LogP contribution in [0.4, 0.5) is 23.7 Å². The van der Waals surface area contributed by atoms with Crippen molar-refractivity contribution < 1.29 is 42.1 Å². The minimum absolute atomic E-state index is 0.00264. The van der Waals surface area contributed by atoms with Crippen LogP contribution in [0.15, 0.2) is 53.2 Å². The zero-order valence-corrected chi connectivity index (χ0v) is 24.7. The van der Waals surface area contributed by atoms with E-state index < -0.39 is 30.2 Å². The van der Waals surface area contributed by atoms with Gasteiger partial charge in [0, 0.05) is 23.2 Å². The maximum atomic E-state index is 13.6. The lowest BCUT2D eigenvalue weighted by molar-refractivity contribution is -0.274. The number of benzene rings is 1. The van der Waals surface area contributed by atoms with E-state index in [0.717, 1.165) is 17.8 Å². The Hall–Kier alpha value is -3.67. The summed E-state index contributed by atoms with van der Waals surface area (Å²) in [5.41, 5.74) is 4.10. The largest absolute Gasteiger partial charge is 0.573 e. The van der Waals surface area contributed by atoms with E-state index in [-0.39, 0.29) is 59.6 Å². The average molecular weight is 618 g/mol. The topological polar surface area (TPSA) is 126 Å². The normalized spacial score (nSPS) is 33.2. The fourth-order valence-electron chi connectivity index (χ4n) is 7.06. The quantitative estimate of drug-likeness (QED) is 0.219.